The number of nitrogens with one attached hydrogen (secondary N) is 1. The molecule has 3 rings (SSSR count). The molecule has 150 valence electrons. The predicted octanol–water partition coefficient (Wildman–Crippen LogP) is 4.44. The van der Waals surface area contributed by atoms with Gasteiger partial charge in [-0.3, -0.25) is 0 Å². The van der Waals surface area contributed by atoms with E-state index in [0.717, 1.165) is 12.1 Å². The van der Waals surface area contributed by atoms with E-state index in [1.807, 2.05) is 4.90 Å². The van der Waals surface area contributed by atoms with Gasteiger partial charge in [0.2, 0.25) is 0 Å². The van der Waals surface area contributed by atoms with E-state index < -0.39 is 17.8 Å². The number of urea groups is 1. The monoisotopic (exact) mass is 395 g/mol. The van der Waals surface area contributed by atoms with Crippen LogP contribution >= 0.6 is 0 Å². The van der Waals surface area contributed by atoms with Crippen molar-refractivity contribution >= 4 is 11.7 Å². The lowest BCUT2D eigenvalue weighted by Gasteiger charge is -2.36. The lowest BCUT2D eigenvalue weighted by molar-refractivity contribution is -0.137. The molecule has 0 aliphatic carbocycles. The Bertz CT molecular complexity index is 832. The largest absolute Gasteiger partial charge is 0.416 e. The second-order valence-electron chi connectivity index (χ2n) is 6.71. The van der Waals surface area contributed by atoms with Crippen molar-refractivity contribution in [1.82, 2.24) is 10.2 Å². The summed E-state index contributed by atoms with van der Waals surface area (Å²) in [5.74, 6) is -0.385. The zero-order chi connectivity index (χ0) is 20.3. The summed E-state index contributed by atoms with van der Waals surface area (Å²) < 4.78 is 52.5. The molecule has 1 unspecified atom stereocenters. The highest BCUT2D eigenvalue weighted by Crippen LogP contribution is 2.31. The van der Waals surface area contributed by atoms with Crippen LogP contribution in [0, 0.1) is 5.82 Å². The summed E-state index contributed by atoms with van der Waals surface area (Å²) >= 11 is 0. The first kappa shape index (κ1) is 20.0. The smallest absolute Gasteiger partial charge is 0.368 e. The van der Waals surface area contributed by atoms with Crippen molar-refractivity contribution < 1.29 is 22.4 Å². The Kier molecular flexibility index (Phi) is 5.76. The molecule has 2 amide bonds. The second kappa shape index (κ2) is 8.08. The fourth-order valence-electron chi connectivity index (χ4n) is 3.23. The lowest BCUT2D eigenvalue weighted by Crippen LogP contribution is -2.52. The number of hydrogen-bond donors (Lipinski definition) is 1. The average molecular weight is 395 g/mol. The molecule has 0 radical (unpaired) electrons. The zero-order valence-corrected chi connectivity index (χ0v) is 15.3. The predicted molar refractivity (Wildman–Crippen MR) is 98.6 cm³/mol. The molecule has 4 nitrogen and oxygen atoms in total. The van der Waals surface area contributed by atoms with Crippen LogP contribution in [0.1, 0.15) is 24.1 Å². The van der Waals surface area contributed by atoms with Crippen LogP contribution in [-0.4, -0.2) is 37.1 Å². The van der Waals surface area contributed by atoms with E-state index in [4.69, 9.17) is 0 Å². The number of carbonyl (C=O) groups is 1. The Labute approximate surface area is 160 Å². The number of amides is 2. The van der Waals surface area contributed by atoms with Gasteiger partial charge in [-0.2, -0.15) is 13.2 Å². The summed E-state index contributed by atoms with van der Waals surface area (Å²) in [7, 11) is 0. The van der Waals surface area contributed by atoms with Crippen LogP contribution in [0.25, 0.3) is 0 Å². The number of piperazine rings is 1. The summed E-state index contributed by atoms with van der Waals surface area (Å²) in [5.41, 5.74) is 0.192. The molecule has 0 spiro atoms. The van der Waals surface area contributed by atoms with Crippen molar-refractivity contribution in [1.29, 1.82) is 0 Å². The zero-order valence-electron chi connectivity index (χ0n) is 15.3. The summed E-state index contributed by atoms with van der Waals surface area (Å²) in [4.78, 5) is 15.9. The topological polar surface area (TPSA) is 35.6 Å². The highest BCUT2D eigenvalue weighted by Gasteiger charge is 2.31. The normalized spacial score (nSPS) is 16.0. The number of nitrogens with zero attached hydrogens (tertiary/aromatic N) is 2. The molecular weight excluding hydrogens is 374 g/mol. The standard InChI is InChI=1S/C20H21F4N3O/c1-14(17-7-2-3-8-18(17)21)25-19(28)27-11-9-26(10-12-27)16-6-4-5-15(13-16)20(22,23)24/h2-8,13-14H,9-12H2,1H3,(H,25,28). The number of rotatable bonds is 3. The van der Waals surface area contributed by atoms with Crippen LogP contribution in [0.5, 0.6) is 0 Å². The Balaban J connectivity index is 1.58. The van der Waals surface area contributed by atoms with Gasteiger partial charge in [-0.25, -0.2) is 9.18 Å². The van der Waals surface area contributed by atoms with E-state index >= 15 is 0 Å². The molecule has 1 saturated heterocycles. The molecule has 1 fully saturated rings. The molecule has 2 aromatic rings. The minimum atomic E-state index is -4.39. The first-order chi connectivity index (χ1) is 13.3. The number of alkyl halides is 3. The van der Waals surface area contributed by atoms with E-state index in [-0.39, 0.29) is 11.8 Å². The van der Waals surface area contributed by atoms with Gasteiger partial charge in [0.1, 0.15) is 5.82 Å². The van der Waals surface area contributed by atoms with E-state index in [9.17, 15) is 22.4 Å². The van der Waals surface area contributed by atoms with Crippen LogP contribution in [0.15, 0.2) is 48.5 Å². The third-order valence-electron chi connectivity index (χ3n) is 4.82. The maximum Gasteiger partial charge on any atom is 0.416 e. The minimum absolute atomic E-state index is 0.320. The Morgan fingerprint density at radius 1 is 1.04 bits per heavy atom. The van der Waals surface area contributed by atoms with E-state index in [1.54, 1.807) is 36.1 Å². The fourth-order valence-corrected chi connectivity index (χ4v) is 3.23. The summed E-state index contributed by atoms with van der Waals surface area (Å²) in [6, 6.07) is 10.6. The van der Waals surface area contributed by atoms with Gasteiger partial charge in [-0.05, 0) is 31.2 Å². The van der Waals surface area contributed by atoms with Crippen molar-refractivity contribution in [2.45, 2.75) is 19.1 Å². The molecule has 1 N–H and O–H groups in total. The SMILES string of the molecule is CC(NC(=O)N1CCN(c2cccc(C(F)(F)F)c2)CC1)c1ccccc1F. The number of benzene rings is 2. The summed E-state index contributed by atoms with van der Waals surface area (Å²) in [6.07, 6.45) is -4.39. The maximum atomic E-state index is 13.8. The van der Waals surface area contributed by atoms with Gasteiger partial charge in [0.25, 0.3) is 0 Å². The molecular formula is C20H21F4N3O. The fraction of sp³-hybridized carbons (Fsp3) is 0.350. The van der Waals surface area contributed by atoms with Gasteiger partial charge in [0.05, 0.1) is 11.6 Å². The third kappa shape index (κ3) is 4.55. The van der Waals surface area contributed by atoms with Gasteiger partial charge >= 0.3 is 12.2 Å². The highest BCUT2D eigenvalue weighted by atomic mass is 19.4. The molecule has 0 bridgehead atoms. The quantitative estimate of drug-likeness (QED) is 0.780. The number of anilines is 1. The molecule has 1 atom stereocenters. The van der Waals surface area contributed by atoms with E-state index in [0.29, 0.717) is 37.4 Å². The van der Waals surface area contributed by atoms with E-state index in [2.05, 4.69) is 5.32 Å². The molecule has 2 aromatic carbocycles. The van der Waals surface area contributed by atoms with Gasteiger partial charge in [0, 0.05) is 37.4 Å². The molecule has 28 heavy (non-hydrogen) atoms. The Hall–Kier alpha value is -2.77. The third-order valence-corrected chi connectivity index (χ3v) is 4.82. The lowest BCUT2D eigenvalue weighted by atomic mass is 10.1. The summed E-state index contributed by atoms with van der Waals surface area (Å²) in [6.45, 7) is 3.28. The molecule has 0 aromatic heterocycles. The van der Waals surface area contributed by atoms with E-state index in [1.165, 1.54) is 12.1 Å². The highest BCUT2D eigenvalue weighted by molar-refractivity contribution is 5.75. The molecule has 1 aliphatic rings. The van der Waals surface area contributed by atoms with Crippen LogP contribution in [-0.2, 0) is 6.18 Å². The van der Waals surface area contributed by atoms with Crippen LogP contribution < -0.4 is 10.2 Å². The van der Waals surface area contributed by atoms with Gasteiger partial charge < -0.3 is 15.1 Å². The van der Waals surface area contributed by atoms with Crippen molar-refractivity contribution in [3.63, 3.8) is 0 Å². The van der Waals surface area contributed by atoms with Crippen LogP contribution in [0.3, 0.4) is 0 Å². The van der Waals surface area contributed by atoms with Crippen LogP contribution in [0.4, 0.5) is 28.0 Å². The number of carbonyl (C=O) groups excluding carboxylic acids is 1. The number of hydrogen-bond acceptors (Lipinski definition) is 2. The van der Waals surface area contributed by atoms with Gasteiger partial charge in [-0.15, -0.1) is 0 Å². The number of halogens is 4. The van der Waals surface area contributed by atoms with Gasteiger partial charge in [0.15, 0.2) is 0 Å². The first-order valence-electron chi connectivity index (χ1n) is 8.98. The van der Waals surface area contributed by atoms with Crippen molar-refractivity contribution in [3.8, 4) is 0 Å². The molecule has 1 aliphatic heterocycles. The Morgan fingerprint density at radius 3 is 2.36 bits per heavy atom. The molecule has 1 heterocycles. The van der Waals surface area contributed by atoms with Crippen molar-refractivity contribution in [2.24, 2.45) is 0 Å². The minimum Gasteiger partial charge on any atom is -0.368 e. The first-order valence-corrected chi connectivity index (χ1v) is 8.98. The maximum absolute atomic E-state index is 13.8. The van der Waals surface area contributed by atoms with Gasteiger partial charge in [-0.1, -0.05) is 24.3 Å². The molecule has 0 saturated carbocycles. The average Bonchev–Trinajstić information content (AvgIpc) is 2.68. The van der Waals surface area contributed by atoms with Crippen molar-refractivity contribution in [2.75, 3.05) is 31.1 Å². The summed E-state index contributed by atoms with van der Waals surface area (Å²) in [5, 5.41) is 2.77. The van der Waals surface area contributed by atoms with Crippen LogP contribution in [0.2, 0.25) is 0 Å². The second-order valence-corrected chi connectivity index (χ2v) is 6.71. The van der Waals surface area contributed by atoms with Crippen molar-refractivity contribution in [3.05, 3.63) is 65.5 Å². The molecule has 8 heteroatoms. The Morgan fingerprint density at radius 2 is 1.71 bits per heavy atom.